The van der Waals surface area contributed by atoms with Crippen LogP contribution in [0, 0.1) is 0 Å². The zero-order chi connectivity index (χ0) is 13.2. The highest BCUT2D eigenvalue weighted by Crippen LogP contribution is 2.40. The van der Waals surface area contributed by atoms with Crippen molar-refractivity contribution in [2.45, 2.75) is 39.2 Å². The first-order valence-corrected chi connectivity index (χ1v) is 7.08. The molecule has 1 aromatic heterocycles. The van der Waals surface area contributed by atoms with Gasteiger partial charge in [0.1, 0.15) is 5.69 Å². The smallest absolute Gasteiger partial charge is 0.170 e. The minimum Gasteiger partial charge on any atom is -0.356 e. The van der Waals surface area contributed by atoms with Crippen LogP contribution in [0.5, 0.6) is 0 Å². The molecule has 0 fully saturated rings. The van der Waals surface area contributed by atoms with Gasteiger partial charge in [-0.3, -0.25) is 0 Å². The van der Waals surface area contributed by atoms with E-state index in [1.54, 1.807) is 0 Å². The molecule has 0 spiro atoms. The van der Waals surface area contributed by atoms with E-state index in [9.17, 15) is 0 Å². The van der Waals surface area contributed by atoms with Crippen LogP contribution in [0.25, 0.3) is 11.3 Å². The van der Waals surface area contributed by atoms with Crippen LogP contribution in [-0.2, 0) is 13.0 Å². The van der Waals surface area contributed by atoms with Crippen molar-refractivity contribution in [2.75, 3.05) is 6.54 Å². The Kier molecular flexibility index (Phi) is 3.38. The van der Waals surface area contributed by atoms with Gasteiger partial charge in [0.25, 0.3) is 0 Å². The highest BCUT2D eigenvalue weighted by Gasteiger charge is 2.27. The molecule has 1 aromatic carbocycles. The van der Waals surface area contributed by atoms with E-state index < -0.39 is 0 Å². The molecule has 3 nitrogen and oxygen atoms in total. The number of benzene rings is 1. The second kappa shape index (κ2) is 5.17. The van der Waals surface area contributed by atoms with Crippen molar-refractivity contribution in [1.29, 1.82) is 0 Å². The lowest BCUT2D eigenvalue weighted by Crippen LogP contribution is -2.16. The summed E-state index contributed by atoms with van der Waals surface area (Å²) in [5.74, 6) is 1.51. The van der Waals surface area contributed by atoms with Crippen molar-refractivity contribution in [3.63, 3.8) is 0 Å². The Labute approximate surface area is 114 Å². The minimum absolute atomic E-state index is 0.535. The molecule has 1 N–H and O–H groups in total. The fourth-order valence-electron chi connectivity index (χ4n) is 2.84. The van der Waals surface area contributed by atoms with Gasteiger partial charge in [-0.1, -0.05) is 43.3 Å². The fraction of sp³-hybridized carbons (Fsp3) is 0.438. The highest BCUT2D eigenvalue weighted by atomic mass is 16.5. The lowest BCUT2D eigenvalue weighted by molar-refractivity contribution is 0.418. The Hall–Kier alpha value is -1.61. The summed E-state index contributed by atoms with van der Waals surface area (Å²) < 4.78 is 5.60. The predicted octanol–water partition coefficient (Wildman–Crippen LogP) is 3.50. The maximum absolute atomic E-state index is 5.60. The molecule has 0 saturated carbocycles. The molecule has 0 aliphatic heterocycles. The molecule has 19 heavy (non-hydrogen) atoms. The number of nitrogens with one attached hydrogen (secondary N) is 1. The fourth-order valence-corrected chi connectivity index (χ4v) is 2.84. The Morgan fingerprint density at radius 1 is 1.37 bits per heavy atom. The molecule has 1 heterocycles. The third-order valence-corrected chi connectivity index (χ3v) is 3.84. The zero-order valence-corrected chi connectivity index (χ0v) is 11.6. The summed E-state index contributed by atoms with van der Waals surface area (Å²) in [5, 5.41) is 7.67. The second-order valence-electron chi connectivity index (χ2n) is 5.31. The van der Waals surface area contributed by atoms with Gasteiger partial charge in [-0.05, 0) is 30.9 Å². The standard InChI is InChI=1S/C16H20N2O/c1-3-8-17-10-15-14-9-11(2)12-6-4-5-7-13(12)16(14)19-18-15/h4-7,11,17H,3,8-10H2,1-2H3. The summed E-state index contributed by atoms with van der Waals surface area (Å²) in [6.45, 7) is 6.27. The van der Waals surface area contributed by atoms with Gasteiger partial charge < -0.3 is 9.84 Å². The molecule has 1 aliphatic rings. The van der Waals surface area contributed by atoms with Gasteiger partial charge in [0, 0.05) is 17.7 Å². The first-order valence-electron chi connectivity index (χ1n) is 7.08. The minimum atomic E-state index is 0.535. The number of hydrogen-bond donors (Lipinski definition) is 1. The van der Waals surface area contributed by atoms with E-state index in [1.165, 1.54) is 16.7 Å². The molecule has 0 bridgehead atoms. The molecule has 100 valence electrons. The average Bonchev–Trinajstić information content (AvgIpc) is 2.83. The van der Waals surface area contributed by atoms with Crippen LogP contribution in [0.15, 0.2) is 28.8 Å². The molecular weight excluding hydrogens is 236 g/mol. The number of nitrogens with zero attached hydrogens (tertiary/aromatic N) is 1. The van der Waals surface area contributed by atoms with Crippen LogP contribution >= 0.6 is 0 Å². The SMILES string of the molecule is CCCNCc1noc2c1CC(C)c1ccccc1-2. The third-order valence-electron chi connectivity index (χ3n) is 3.84. The topological polar surface area (TPSA) is 38.1 Å². The molecule has 1 aliphatic carbocycles. The van der Waals surface area contributed by atoms with Crippen LogP contribution in [0.2, 0.25) is 0 Å². The van der Waals surface area contributed by atoms with E-state index in [0.29, 0.717) is 5.92 Å². The Balaban J connectivity index is 1.95. The average molecular weight is 256 g/mol. The predicted molar refractivity (Wildman–Crippen MR) is 76.1 cm³/mol. The van der Waals surface area contributed by atoms with Gasteiger partial charge in [-0.25, -0.2) is 0 Å². The number of aromatic nitrogens is 1. The van der Waals surface area contributed by atoms with Crippen LogP contribution < -0.4 is 5.32 Å². The molecule has 0 amide bonds. The Bertz CT molecular complexity index is 574. The van der Waals surface area contributed by atoms with Crippen molar-refractivity contribution >= 4 is 0 Å². The van der Waals surface area contributed by atoms with E-state index in [-0.39, 0.29) is 0 Å². The summed E-state index contributed by atoms with van der Waals surface area (Å²) in [6, 6.07) is 8.50. The maximum Gasteiger partial charge on any atom is 0.170 e. The van der Waals surface area contributed by atoms with E-state index in [4.69, 9.17) is 4.52 Å². The summed E-state index contributed by atoms with van der Waals surface area (Å²) >= 11 is 0. The van der Waals surface area contributed by atoms with Gasteiger partial charge in [0.05, 0.1) is 0 Å². The van der Waals surface area contributed by atoms with Gasteiger partial charge in [0.2, 0.25) is 0 Å². The van der Waals surface area contributed by atoms with Crippen molar-refractivity contribution in [1.82, 2.24) is 10.5 Å². The molecule has 0 radical (unpaired) electrons. The number of fused-ring (bicyclic) bond motifs is 3. The largest absolute Gasteiger partial charge is 0.356 e. The monoisotopic (exact) mass is 256 g/mol. The first-order chi connectivity index (χ1) is 9.31. The molecule has 3 heteroatoms. The van der Waals surface area contributed by atoms with Crippen LogP contribution in [-0.4, -0.2) is 11.7 Å². The first kappa shape index (κ1) is 12.4. The van der Waals surface area contributed by atoms with Gasteiger partial charge in [0.15, 0.2) is 5.76 Å². The van der Waals surface area contributed by atoms with E-state index in [1.807, 2.05) is 0 Å². The summed E-state index contributed by atoms with van der Waals surface area (Å²) in [4.78, 5) is 0. The van der Waals surface area contributed by atoms with E-state index in [0.717, 1.165) is 37.4 Å². The van der Waals surface area contributed by atoms with Crippen LogP contribution in [0.4, 0.5) is 0 Å². The van der Waals surface area contributed by atoms with E-state index >= 15 is 0 Å². The van der Waals surface area contributed by atoms with E-state index in [2.05, 4.69) is 48.6 Å². The molecular formula is C16H20N2O. The highest BCUT2D eigenvalue weighted by molar-refractivity contribution is 5.69. The lowest BCUT2D eigenvalue weighted by atomic mass is 9.82. The summed E-state index contributed by atoms with van der Waals surface area (Å²) in [7, 11) is 0. The van der Waals surface area contributed by atoms with Crippen molar-refractivity contribution in [3.8, 4) is 11.3 Å². The second-order valence-corrected chi connectivity index (χ2v) is 5.31. The van der Waals surface area contributed by atoms with Gasteiger partial charge in [-0.2, -0.15) is 0 Å². The molecule has 3 rings (SSSR count). The normalized spacial score (nSPS) is 17.1. The Morgan fingerprint density at radius 3 is 3.05 bits per heavy atom. The Morgan fingerprint density at radius 2 is 2.21 bits per heavy atom. The molecule has 2 aromatic rings. The summed E-state index contributed by atoms with van der Waals surface area (Å²) in [6.07, 6.45) is 2.16. The summed E-state index contributed by atoms with van der Waals surface area (Å²) in [5.41, 5.74) is 4.95. The van der Waals surface area contributed by atoms with Gasteiger partial charge in [-0.15, -0.1) is 0 Å². The molecule has 0 saturated heterocycles. The number of hydrogen-bond acceptors (Lipinski definition) is 3. The maximum atomic E-state index is 5.60. The lowest BCUT2D eigenvalue weighted by Gasteiger charge is -2.21. The quantitative estimate of drug-likeness (QED) is 0.851. The van der Waals surface area contributed by atoms with Crippen LogP contribution in [0.3, 0.4) is 0 Å². The zero-order valence-electron chi connectivity index (χ0n) is 11.6. The van der Waals surface area contributed by atoms with Crippen LogP contribution in [0.1, 0.15) is 43.0 Å². The third kappa shape index (κ3) is 2.19. The molecule has 1 unspecified atom stereocenters. The van der Waals surface area contributed by atoms with Crippen molar-refractivity contribution < 1.29 is 4.52 Å². The number of rotatable bonds is 4. The molecule has 1 atom stereocenters. The van der Waals surface area contributed by atoms with Gasteiger partial charge >= 0.3 is 0 Å². The van der Waals surface area contributed by atoms with Crippen molar-refractivity contribution in [2.24, 2.45) is 0 Å². The van der Waals surface area contributed by atoms with Crippen molar-refractivity contribution in [3.05, 3.63) is 41.1 Å².